The van der Waals surface area contributed by atoms with Gasteiger partial charge in [0, 0.05) is 17.9 Å². The summed E-state index contributed by atoms with van der Waals surface area (Å²) in [5.41, 5.74) is -0.713. The Balaban J connectivity index is 2.43. The molecule has 86 valence electrons. The lowest BCUT2D eigenvalue weighted by Crippen LogP contribution is -2.33. The Bertz CT molecular complexity index is 508. The molecule has 1 aromatic rings. The third kappa shape index (κ3) is 1.94. The smallest absolute Gasteiger partial charge is 0.303 e. The van der Waals surface area contributed by atoms with Crippen molar-refractivity contribution in [2.24, 2.45) is 0 Å². The van der Waals surface area contributed by atoms with Crippen LogP contribution < -0.4 is 4.74 Å². The molecule has 0 amide bonds. The number of rotatable bonds is 2. The van der Waals surface area contributed by atoms with Crippen molar-refractivity contribution in [3.8, 4) is 5.75 Å². The minimum absolute atomic E-state index is 0.0562. The van der Waals surface area contributed by atoms with E-state index in [1.54, 1.807) is 24.3 Å². The first-order valence-electron chi connectivity index (χ1n) is 4.69. The van der Waals surface area contributed by atoms with E-state index >= 15 is 0 Å². The minimum atomic E-state index is -4.29. The van der Waals surface area contributed by atoms with Crippen LogP contribution in [0.25, 0.3) is 0 Å². The van der Waals surface area contributed by atoms with Crippen LogP contribution in [-0.4, -0.2) is 24.7 Å². The highest BCUT2D eigenvalue weighted by molar-refractivity contribution is 7.86. The van der Waals surface area contributed by atoms with Crippen LogP contribution in [0.3, 0.4) is 0 Å². The fraction of sp³-hybridized carbons (Fsp3) is 0.300. The van der Waals surface area contributed by atoms with Crippen LogP contribution >= 0.6 is 0 Å². The van der Waals surface area contributed by atoms with E-state index in [9.17, 15) is 13.2 Å². The van der Waals surface area contributed by atoms with Crippen LogP contribution in [0, 0.1) is 0 Å². The fourth-order valence-electron chi connectivity index (χ4n) is 1.73. The molecule has 0 bridgehead atoms. The Morgan fingerprint density at radius 1 is 1.38 bits per heavy atom. The molecule has 0 radical (unpaired) electrons. The third-order valence-corrected chi connectivity index (χ3v) is 3.47. The molecule has 0 saturated heterocycles. The van der Waals surface area contributed by atoms with E-state index in [2.05, 4.69) is 0 Å². The highest BCUT2D eigenvalue weighted by Crippen LogP contribution is 2.36. The van der Waals surface area contributed by atoms with E-state index in [1.807, 2.05) is 0 Å². The zero-order chi connectivity index (χ0) is 11.8. The molecule has 1 N–H and O–H groups in total. The van der Waals surface area contributed by atoms with Gasteiger partial charge in [-0.3, -0.25) is 4.55 Å². The van der Waals surface area contributed by atoms with Gasteiger partial charge in [-0.15, -0.1) is 0 Å². The van der Waals surface area contributed by atoms with Crippen LogP contribution in [0.2, 0.25) is 0 Å². The standard InChI is InChI=1S/C10H10O5S/c11-6-7-5-10(16(12,13)14)15-9-4-2-1-3-8(7)9/h1-4,6-7,10H,5H2,(H,12,13,14). The lowest BCUT2D eigenvalue weighted by atomic mass is 9.95. The second-order valence-electron chi connectivity index (χ2n) is 3.58. The average Bonchev–Trinajstić information content (AvgIpc) is 2.26. The Labute approximate surface area is 92.8 Å². The Kier molecular flexibility index (Phi) is 2.69. The molecular weight excluding hydrogens is 232 g/mol. The van der Waals surface area contributed by atoms with Crippen molar-refractivity contribution in [2.45, 2.75) is 17.8 Å². The van der Waals surface area contributed by atoms with E-state index in [0.29, 0.717) is 17.6 Å². The molecular formula is C10H10O5S. The number of ether oxygens (including phenoxy) is 1. The second-order valence-corrected chi connectivity index (χ2v) is 5.13. The summed E-state index contributed by atoms with van der Waals surface area (Å²) in [6.07, 6.45) is 0.610. The molecule has 1 aromatic carbocycles. The zero-order valence-corrected chi connectivity index (χ0v) is 9.05. The first-order valence-corrected chi connectivity index (χ1v) is 6.20. The van der Waals surface area contributed by atoms with Crippen molar-refractivity contribution < 1.29 is 22.5 Å². The Morgan fingerprint density at radius 3 is 2.69 bits per heavy atom. The van der Waals surface area contributed by atoms with Gasteiger partial charge in [0.15, 0.2) is 0 Å². The van der Waals surface area contributed by atoms with Crippen LogP contribution in [-0.2, 0) is 14.9 Å². The summed E-state index contributed by atoms with van der Waals surface area (Å²) in [5.74, 6) is -0.231. The summed E-state index contributed by atoms with van der Waals surface area (Å²) < 4.78 is 36.0. The second kappa shape index (κ2) is 3.88. The van der Waals surface area contributed by atoms with Crippen LogP contribution in [0.4, 0.5) is 0 Å². The van der Waals surface area contributed by atoms with Gasteiger partial charge in [0.25, 0.3) is 0 Å². The topological polar surface area (TPSA) is 80.7 Å². The molecule has 0 spiro atoms. The molecule has 1 aliphatic rings. The number of hydrogen-bond acceptors (Lipinski definition) is 4. The Hall–Kier alpha value is -1.40. The summed E-state index contributed by atoms with van der Waals surface area (Å²) in [6, 6.07) is 6.69. The van der Waals surface area contributed by atoms with Gasteiger partial charge in [0.05, 0.1) is 0 Å². The maximum atomic E-state index is 11.0. The highest BCUT2D eigenvalue weighted by Gasteiger charge is 2.35. The fourth-order valence-corrected chi connectivity index (χ4v) is 2.41. The number of aldehydes is 1. The first-order chi connectivity index (χ1) is 7.52. The normalized spacial score (nSPS) is 24.3. The van der Waals surface area contributed by atoms with E-state index in [-0.39, 0.29) is 6.42 Å². The number of benzene rings is 1. The van der Waals surface area contributed by atoms with Gasteiger partial charge in [-0.05, 0) is 6.07 Å². The van der Waals surface area contributed by atoms with Crippen molar-refractivity contribution in [2.75, 3.05) is 0 Å². The molecule has 2 rings (SSSR count). The van der Waals surface area contributed by atoms with Gasteiger partial charge in [0.2, 0.25) is 5.44 Å². The molecule has 0 aromatic heterocycles. The van der Waals surface area contributed by atoms with Crippen LogP contribution in [0.15, 0.2) is 24.3 Å². The predicted octanol–water partition coefficient (Wildman–Crippen LogP) is 0.966. The van der Waals surface area contributed by atoms with Gasteiger partial charge in [-0.25, -0.2) is 0 Å². The molecule has 0 saturated carbocycles. The number of para-hydroxylation sites is 1. The van der Waals surface area contributed by atoms with Crippen molar-refractivity contribution in [3.63, 3.8) is 0 Å². The van der Waals surface area contributed by atoms with E-state index in [0.717, 1.165) is 0 Å². The van der Waals surface area contributed by atoms with Crippen molar-refractivity contribution in [3.05, 3.63) is 29.8 Å². The monoisotopic (exact) mass is 242 g/mol. The first kappa shape index (κ1) is 11.1. The summed E-state index contributed by atoms with van der Waals surface area (Å²) in [7, 11) is -4.29. The molecule has 2 unspecified atom stereocenters. The predicted molar refractivity (Wildman–Crippen MR) is 55.8 cm³/mol. The summed E-state index contributed by atoms with van der Waals surface area (Å²) >= 11 is 0. The maximum absolute atomic E-state index is 11.0. The SMILES string of the molecule is O=CC1CC(S(=O)(=O)O)Oc2ccccc21. The van der Waals surface area contributed by atoms with Crippen LogP contribution in [0.1, 0.15) is 17.9 Å². The number of carbonyl (C=O) groups is 1. The van der Waals surface area contributed by atoms with Crippen LogP contribution in [0.5, 0.6) is 5.75 Å². The molecule has 0 fully saturated rings. The number of hydrogen-bond donors (Lipinski definition) is 1. The molecule has 6 heteroatoms. The van der Waals surface area contributed by atoms with E-state index in [1.165, 1.54) is 0 Å². The van der Waals surface area contributed by atoms with Crippen molar-refractivity contribution in [1.29, 1.82) is 0 Å². The summed E-state index contributed by atoms with van der Waals surface area (Å²) in [6.45, 7) is 0. The van der Waals surface area contributed by atoms with Gasteiger partial charge < -0.3 is 9.53 Å². The largest absolute Gasteiger partial charge is 0.472 e. The van der Waals surface area contributed by atoms with E-state index < -0.39 is 21.5 Å². The quantitative estimate of drug-likeness (QED) is 0.617. The molecule has 0 aliphatic carbocycles. The maximum Gasteiger partial charge on any atom is 0.303 e. The molecule has 16 heavy (non-hydrogen) atoms. The minimum Gasteiger partial charge on any atom is -0.472 e. The number of carbonyl (C=O) groups excluding carboxylic acids is 1. The lowest BCUT2D eigenvalue weighted by Gasteiger charge is -2.27. The van der Waals surface area contributed by atoms with Crippen molar-refractivity contribution >= 4 is 16.4 Å². The van der Waals surface area contributed by atoms with E-state index in [4.69, 9.17) is 9.29 Å². The van der Waals surface area contributed by atoms with Gasteiger partial charge in [0.1, 0.15) is 12.0 Å². The summed E-state index contributed by atoms with van der Waals surface area (Å²) in [4.78, 5) is 10.9. The molecule has 1 heterocycles. The zero-order valence-electron chi connectivity index (χ0n) is 8.24. The summed E-state index contributed by atoms with van der Waals surface area (Å²) in [5, 5.41) is 0. The molecule has 5 nitrogen and oxygen atoms in total. The highest BCUT2D eigenvalue weighted by atomic mass is 32.2. The number of fused-ring (bicyclic) bond motifs is 1. The van der Waals surface area contributed by atoms with Crippen molar-refractivity contribution in [1.82, 2.24) is 0 Å². The lowest BCUT2D eigenvalue weighted by molar-refractivity contribution is -0.109. The third-order valence-electron chi connectivity index (χ3n) is 2.52. The van der Waals surface area contributed by atoms with Gasteiger partial charge in [-0.2, -0.15) is 8.42 Å². The van der Waals surface area contributed by atoms with Gasteiger partial charge >= 0.3 is 10.1 Å². The molecule has 2 atom stereocenters. The average molecular weight is 242 g/mol. The van der Waals surface area contributed by atoms with Gasteiger partial charge in [-0.1, -0.05) is 18.2 Å². The Morgan fingerprint density at radius 2 is 2.06 bits per heavy atom. The molecule has 1 aliphatic heterocycles.